The van der Waals surface area contributed by atoms with Crippen molar-refractivity contribution in [3.8, 4) is 5.75 Å². The van der Waals surface area contributed by atoms with Crippen LogP contribution in [0.25, 0.3) is 0 Å². The van der Waals surface area contributed by atoms with Crippen LogP contribution in [-0.4, -0.2) is 138 Å². The fourth-order valence-electron chi connectivity index (χ4n) is 9.06. The van der Waals surface area contributed by atoms with E-state index in [-0.39, 0.29) is 48.3 Å². The number of rotatable bonds is 24. The van der Waals surface area contributed by atoms with E-state index in [2.05, 4.69) is 10.6 Å². The number of amides is 4. The molecule has 16 nitrogen and oxygen atoms in total. The monoisotopic (exact) mass is 938 g/mol. The molecule has 9 atom stereocenters. The number of methoxy groups -OCH3 is 2. The lowest BCUT2D eigenvalue weighted by atomic mass is 9.89. The van der Waals surface area contributed by atoms with Crippen molar-refractivity contribution in [3.05, 3.63) is 65.7 Å². The van der Waals surface area contributed by atoms with Crippen LogP contribution in [0.15, 0.2) is 54.6 Å². The minimum atomic E-state index is -1.15. The number of carboxylic acids is 1. The SMILES string of the molecule is CC[C@H](C)[C@@H]([C@H](CC(=O)N1CCCC1[C@H](OC)[C@@H](C)C(=O)N[C@@H](Cc1ccccc1)C(=O)O)OC)N(C)C(=O)[C@@H](NC(=O)[C@H](C(C)C)N(C)Cc1ccc(OC(=O)OC(C)(C)C)cc1)C(C)C. The van der Waals surface area contributed by atoms with Crippen molar-refractivity contribution in [1.29, 1.82) is 0 Å². The van der Waals surface area contributed by atoms with Crippen LogP contribution in [-0.2, 0) is 51.1 Å². The van der Waals surface area contributed by atoms with Crippen LogP contribution in [0, 0.1) is 23.7 Å². The number of benzene rings is 2. The van der Waals surface area contributed by atoms with E-state index in [1.807, 2.05) is 83.8 Å². The third kappa shape index (κ3) is 16.3. The Hall–Kier alpha value is -5.06. The second kappa shape index (κ2) is 25.9. The second-order valence-electron chi connectivity index (χ2n) is 19.7. The van der Waals surface area contributed by atoms with Crippen molar-refractivity contribution in [2.75, 3.05) is 34.9 Å². The Morgan fingerprint density at radius 3 is 1.99 bits per heavy atom. The second-order valence-corrected chi connectivity index (χ2v) is 19.7. The number of likely N-dealkylation sites (tertiary alicyclic amines) is 1. The first-order valence-electron chi connectivity index (χ1n) is 23.6. The molecule has 0 aromatic heterocycles. The summed E-state index contributed by atoms with van der Waals surface area (Å²) in [6.07, 6.45) is -0.236. The van der Waals surface area contributed by atoms with E-state index in [1.54, 1.807) is 68.8 Å². The van der Waals surface area contributed by atoms with Gasteiger partial charge in [0.25, 0.3) is 0 Å². The number of carbonyl (C=O) groups is 6. The Bertz CT molecular complexity index is 1920. The molecule has 67 heavy (non-hydrogen) atoms. The summed E-state index contributed by atoms with van der Waals surface area (Å²) >= 11 is 0. The molecule has 1 saturated heterocycles. The number of ether oxygens (including phenoxy) is 4. The molecule has 0 spiro atoms. The number of aliphatic carboxylic acids is 1. The molecule has 16 heteroatoms. The maximum atomic E-state index is 14.6. The molecule has 1 aliphatic heterocycles. The molecule has 1 unspecified atom stereocenters. The van der Waals surface area contributed by atoms with E-state index in [0.29, 0.717) is 38.1 Å². The minimum Gasteiger partial charge on any atom is -0.480 e. The summed E-state index contributed by atoms with van der Waals surface area (Å²) in [7, 11) is 6.56. The summed E-state index contributed by atoms with van der Waals surface area (Å²) in [5.74, 6) is -3.42. The normalized spacial score (nSPS) is 17.7. The topological polar surface area (TPSA) is 193 Å². The van der Waals surface area contributed by atoms with Crippen molar-refractivity contribution < 1.29 is 52.8 Å². The molecule has 1 aliphatic rings. The quantitative estimate of drug-likeness (QED) is 0.0784. The zero-order chi connectivity index (χ0) is 50.3. The molecule has 374 valence electrons. The van der Waals surface area contributed by atoms with E-state index in [1.165, 1.54) is 14.2 Å². The van der Waals surface area contributed by atoms with Gasteiger partial charge >= 0.3 is 12.1 Å². The predicted octanol–water partition coefficient (Wildman–Crippen LogP) is 6.33. The largest absolute Gasteiger partial charge is 0.514 e. The lowest BCUT2D eigenvalue weighted by Gasteiger charge is -2.41. The lowest BCUT2D eigenvalue weighted by Crippen LogP contribution is -2.60. The van der Waals surface area contributed by atoms with Gasteiger partial charge in [-0.15, -0.1) is 0 Å². The van der Waals surface area contributed by atoms with Gasteiger partial charge in [0.15, 0.2) is 0 Å². The Morgan fingerprint density at radius 2 is 1.46 bits per heavy atom. The van der Waals surface area contributed by atoms with E-state index in [0.717, 1.165) is 11.1 Å². The van der Waals surface area contributed by atoms with Crippen molar-refractivity contribution in [1.82, 2.24) is 25.3 Å². The van der Waals surface area contributed by atoms with Gasteiger partial charge in [0.1, 0.15) is 23.4 Å². The molecule has 0 saturated carbocycles. The van der Waals surface area contributed by atoms with Crippen molar-refractivity contribution in [3.63, 3.8) is 0 Å². The molecule has 1 heterocycles. The van der Waals surface area contributed by atoms with Gasteiger partial charge in [0.2, 0.25) is 23.6 Å². The summed E-state index contributed by atoms with van der Waals surface area (Å²) in [5, 5.41) is 15.7. The highest BCUT2D eigenvalue weighted by atomic mass is 16.7. The molecule has 2 aromatic rings. The van der Waals surface area contributed by atoms with Crippen LogP contribution >= 0.6 is 0 Å². The van der Waals surface area contributed by atoms with Crippen LogP contribution in [0.1, 0.15) is 106 Å². The first kappa shape index (κ1) is 56.3. The molecule has 1 fully saturated rings. The average molecular weight is 938 g/mol. The molecule has 3 rings (SSSR count). The molecular formula is C51H79N5O11. The zero-order valence-electron chi connectivity index (χ0n) is 42.4. The number of likely N-dealkylation sites (N-methyl/N-ethyl adjacent to an activating group) is 2. The van der Waals surface area contributed by atoms with Gasteiger partial charge in [0, 0.05) is 40.8 Å². The fourth-order valence-corrected chi connectivity index (χ4v) is 9.06. The Kier molecular flexibility index (Phi) is 21.8. The number of hydrogen-bond acceptors (Lipinski definition) is 11. The minimum absolute atomic E-state index is 0.0537. The smallest absolute Gasteiger partial charge is 0.480 e. The van der Waals surface area contributed by atoms with E-state index < -0.39 is 72.0 Å². The molecule has 3 N–H and O–H groups in total. The highest BCUT2D eigenvalue weighted by molar-refractivity contribution is 5.90. The van der Waals surface area contributed by atoms with E-state index in [4.69, 9.17) is 18.9 Å². The van der Waals surface area contributed by atoms with Gasteiger partial charge in [-0.05, 0) is 81.7 Å². The van der Waals surface area contributed by atoms with Crippen LogP contribution in [0.5, 0.6) is 5.75 Å². The Labute approximate surface area is 398 Å². The van der Waals surface area contributed by atoms with Crippen LogP contribution < -0.4 is 15.4 Å². The van der Waals surface area contributed by atoms with Crippen molar-refractivity contribution in [2.24, 2.45) is 23.7 Å². The highest BCUT2D eigenvalue weighted by Gasteiger charge is 2.43. The predicted molar refractivity (Wildman–Crippen MR) is 256 cm³/mol. The molecule has 0 aliphatic carbocycles. The fraction of sp³-hybridized carbons (Fsp3) is 0.647. The van der Waals surface area contributed by atoms with Gasteiger partial charge in [-0.25, -0.2) is 9.59 Å². The summed E-state index contributed by atoms with van der Waals surface area (Å²) in [6, 6.07) is 12.4. The number of nitrogens with one attached hydrogen (secondary N) is 2. The van der Waals surface area contributed by atoms with Gasteiger partial charge < -0.3 is 44.5 Å². The lowest BCUT2D eigenvalue weighted by molar-refractivity contribution is -0.148. The summed E-state index contributed by atoms with van der Waals surface area (Å²) in [6.45, 7) is 19.5. The van der Waals surface area contributed by atoms with Gasteiger partial charge in [0.05, 0.1) is 42.7 Å². The summed E-state index contributed by atoms with van der Waals surface area (Å²) < 4.78 is 22.5. The first-order valence-corrected chi connectivity index (χ1v) is 23.6. The van der Waals surface area contributed by atoms with Gasteiger partial charge in [-0.2, -0.15) is 0 Å². The van der Waals surface area contributed by atoms with Crippen molar-refractivity contribution >= 4 is 35.8 Å². The zero-order valence-corrected chi connectivity index (χ0v) is 42.4. The van der Waals surface area contributed by atoms with Gasteiger partial charge in [-0.1, -0.05) is 97.4 Å². The van der Waals surface area contributed by atoms with E-state index in [9.17, 15) is 33.9 Å². The van der Waals surface area contributed by atoms with Crippen LogP contribution in [0.2, 0.25) is 0 Å². The molecular weight excluding hydrogens is 859 g/mol. The molecule has 2 aromatic carbocycles. The van der Waals surface area contributed by atoms with Crippen LogP contribution in [0.4, 0.5) is 4.79 Å². The van der Waals surface area contributed by atoms with Crippen LogP contribution in [0.3, 0.4) is 0 Å². The highest BCUT2D eigenvalue weighted by Crippen LogP contribution is 2.30. The average Bonchev–Trinajstić information content (AvgIpc) is 3.74. The number of carboxylic acid groups (broad SMARTS) is 1. The maximum absolute atomic E-state index is 14.6. The maximum Gasteiger partial charge on any atom is 0.514 e. The standard InChI is InChI=1S/C51H79N5O11/c1-15-33(6)44(40(64-13)29-41(57)56-27-19-22-39(56)45(65-14)34(7)46(58)52-38(49(61)62)28-35-20-17-16-18-21-35)55(12)48(60)42(31(2)3)53-47(59)43(32(4)5)54(11)30-36-23-25-37(26-24-36)66-50(63)67-51(8,9)10/h16-18,20-21,23-26,31-34,38-40,42-45H,15,19,22,27-30H2,1-14H3,(H,52,58)(H,53,59)(H,61,62)/t33-,34+,38-,39?,40-,42-,43-,44-,45+/m0/s1. The van der Waals surface area contributed by atoms with E-state index >= 15 is 0 Å². The molecule has 0 bridgehead atoms. The molecule has 4 amide bonds. The Morgan fingerprint density at radius 1 is 0.836 bits per heavy atom. The number of nitrogens with zero attached hydrogens (tertiary/aromatic N) is 3. The number of carbonyl (C=O) groups excluding carboxylic acids is 5. The summed E-state index contributed by atoms with van der Waals surface area (Å²) in [4.78, 5) is 86.4. The third-order valence-electron chi connectivity index (χ3n) is 12.7. The Balaban J connectivity index is 1.76. The molecule has 0 radical (unpaired) electrons. The number of hydrogen-bond donors (Lipinski definition) is 3. The van der Waals surface area contributed by atoms with Crippen molar-refractivity contribution in [2.45, 2.75) is 156 Å². The third-order valence-corrected chi connectivity index (χ3v) is 12.7. The van der Waals surface area contributed by atoms with Gasteiger partial charge in [-0.3, -0.25) is 24.1 Å². The first-order chi connectivity index (χ1) is 31.4. The summed E-state index contributed by atoms with van der Waals surface area (Å²) in [5.41, 5.74) is 0.961.